The molecule has 0 unspecified atom stereocenters. The van der Waals surface area contributed by atoms with Gasteiger partial charge in [-0.2, -0.15) is 0 Å². The van der Waals surface area contributed by atoms with Gasteiger partial charge in [-0.05, 0) is 23.8 Å². The largest absolute Gasteiger partial charge is 0.493 e. The number of methoxy groups -OCH3 is 1. The van der Waals surface area contributed by atoms with Gasteiger partial charge in [0.25, 0.3) is 0 Å². The monoisotopic (exact) mass is 397 g/mol. The highest BCUT2D eigenvalue weighted by molar-refractivity contribution is 9.10. The molecule has 0 aliphatic rings. The Balaban J connectivity index is 2.23. The Morgan fingerprint density at radius 3 is 2.70 bits per heavy atom. The first-order valence-electron chi connectivity index (χ1n) is 6.56. The van der Waals surface area contributed by atoms with Crippen LogP contribution < -0.4 is 9.47 Å². The molecule has 0 fully saturated rings. The average Bonchev–Trinajstić information content (AvgIpc) is 2.53. The minimum atomic E-state index is -0.527. The summed E-state index contributed by atoms with van der Waals surface area (Å²) in [5.41, 5.74) is 1.47. The smallest absolute Gasteiger partial charge is 0.235 e. The van der Waals surface area contributed by atoms with Gasteiger partial charge >= 0.3 is 0 Å². The number of nitro groups is 1. The molecule has 120 valence electrons. The van der Waals surface area contributed by atoms with Crippen LogP contribution in [0.5, 0.6) is 11.5 Å². The van der Waals surface area contributed by atoms with E-state index in [0.29, 0.717) is 26.6 Å². The van der Waals surface area contributed by atoms with E-state index in [1.807, 2.05) is 18.2 Å². The molecule has 2 aromatic carbocycles. The van der Waals surface area contributed by atoms with Gasteiger partial charge < -0.3 is 9.47 Å². The molecule has 0 aliphatic heterocycles. The zero-order chi connectivity index (χ0) is 16.8. The van der Waals surface area contributed by atoms with Crippen LogP contribution in [0.3, 0.4) is 0 Å². The lowest BCUT2D eigenvalue weighted by Gasteiger charge is -2.13. The summed E-state index contributed by atoms with van der Waals surface area (Å²) in [4.78, 5) is 9.90. The van der Waals surface area contributed by atoms with Crippen molar-refractivity contribution in [3.05, 3.63) is 73.3 Å². The summed E-state index contributed by atoms with van der Waals surface area (Å²) in [5.74, 6) is 0.987. The van der Waals surface area contributed by atoms with Crippen molar-refractivity contribution in [3.8, 4) is 11.5 Å². The van der Waals surface area contributed by atoms with E-state index in [1.165, 1.54) is 13.2 Å². The van der Waals surface area contributed by atoms with E-state index in [0.717, 1.165) is 11.8 Å². The van der Waals surface area contributed by atoms with Gasteiger partial charge in [0.05, 0.1) is 12.0 Å². The van der Waals surface area contributed by atoms with Crippen molar-refractivity contribution in [3.63, 3.8) is 0 Å². The lowest BCUT2D eigenvalue weighted by molar-refractivity contribution is -0.400. The quantitative estimate of drug-likeness (QED) is 0.511. The second kappa shape index (κ2) is 7.99. The van der Waals surface area contributed by atoms with Gasteiger partial charge in [-0.25, -0.2) is 0 Å². The molecule has 5 nitrogen and oxygen atoms in total. The maximum atomic E-state index is 10.4. The normalized spacial score (nSPS) is 10.7. The number of halogens is 2. The highest BCUT2D eigenvalue weighted by Gasteiger charge is 2.10. The molecular formula is C16H13BrClNO4. The van der Waals surface area contributed by atoms with Crippen molar-refractivity contribution in [1.82, 2.24) is 0 Å². The molecule has 2 aromatic rings. The van der Waals surface area contributed by atoms with Crippen LogP contribution in [0, 0.1) is 10.1 Å². The van der Waals surface area contributed by atoms with E-state index in [2.05, 4.69) is 15.9 Å². The third-order valence-corrected chi connectivity index (χ3v) is 4.06. The Labute approximate surface area is 146 Å². The third kappa shape index (κ3) is 4.71. The Kier molecular flexibility index (Phi) is 6.01. The van der Waals surface area contributed by atoms with Crippen LogP contribution in [0.1, 0.15) is 11.1 Å². The first-order chi connectivity index (χ1) is 11.0. The summed E-state index contributed by atoms with van der Waals surface area (Å²) in [6, 6.07) is 10.8. The van der Waals surface area contributed by atoms with Crippen LogP contribution in [-0.4, -0.2) is 12.0 Å². The fourth-order valence-electron chi connectivity index (χ4n) is 1.86. The molecular weight excluding hydrogens is 386 g/mol. The van der Waals surface area contributed by atoms with Gasteiger partial charge in [-0.1, -0.05) is 45.7 Å². The van der Waals surface area contributed by atoms with Crippen molar-refractivity contribution < 1.29 is 14.4 Å². The zero-order valence-corrected chi connectivity index (χ0v) is 14.5. The fourth-order valence-corrected chi connectivity index (χ4v) is 2.51. The summed E-state index contributed by atoms with van der Waals surface area (Å²) in [5, 5.41) is 11.1. The molecule has 0 bridgehead atoms. The van der Waals surface area contributed by atoms with Crippen molar-refractivity contribution >= 4 is 33.6 Å². The molecule has 23 heavy (non-hydrogen) atoms. The van der Waals surface area contributed by atoms with Gasteiger partial charge in [0.15, 0.2) is 11.5 Å². The van der Waals surface area contributed by atoms with Crippen molar-refractivity contribution in [2.45, 2.75) is 6.61 Å². The molecule has 0 aliphatic carbocycles. The molecule has 0 N–H and O–H groups in total. The van der Waals surface area contributed by atoms with E-state index >= 15 is 0 Å². The summed E-state index contributed by atoms with van der Waals surface area (Å²) in [7, 11) is 1.51. The maximum absolute atomic E-state index is 10.4. The van der Waals surface area contributed by atoms with E-state index in [1.54, 1.807) is 18.2 Å². The van der Waals surface area contributed by atoms with Crippen LogP contribution >= 0.6 is 27.5 Å². The van der Waals surface area contributed by atoms with Crippen LogP contribution in [0.25, 0.3) is 6.08 Å². The molecule has 0 atom stereocenters. The van der Waals surface area contributed by atoms with E-state index < -0.39 is 4.92 Å². The van der Waals surface area contributed by atoms with Crippen LogP contribution in [0.4, 0.5) is 0 Å². The second-order valence-electron chi connectivity index (χ2n) is 4.51. The predicted molar refractivity (Wildman–Crippen MR) is 92.5 cm³/mol. The first kappa shape index (κ1) is 17.3. The first-order valence-corrected chi connectivity index (χ1v) is 7.74. The molecule has 0 spiro atoms. The number of hydrogen-bond acceptors (Lipinski definition) is 4. The minimum Gasteiger partial charge on any atom is -0.493 e. The minimum absolute atomic E-state index is 0.284. The highest BCUT2D eigenvalue weighted by Crippen LogP contribution is 2.35. The van der Waals surface area contributed by atoms with Gasteiger partial charge in [0.2, 0.25) is 6.20 Å². The SMILES string of the molecule is COc1cc(/C=C/[N+](=O)[O-])c(Br)cc1OCc1ccccc1Cl. The van der Waals surface area contributed by atoms with Crippen LogP contribution in [0.2, 0.25) is 5.02 Å². The van der Waals surface area contributed by atoms with Crippen molar-refractivity contribution in [2.75, 3.05) is 7.11 Å². The fraction of sp³-hybridized carbons (Fsp3) is 0.125. The molecule has 2 rings (SSSR count). The number of hydrogen-bond donors (Lipinski definition) is 0. The summed E-state index contributed by atoms with van der Waals surface area (Å²) >= 11 is 9.46. The Morgan fingerprint density at radius 1 is 1.30 bits per heavy atom. The summed E-state index contributed by atoms with van der Waals surface area (Å²) in [6.07, 6.45) is 2.24. The molecule has 7 heteroatoms. The highest BCUT2D eigenvalue weighted by atomic mass is 79.9. The van der Waals surface area contributed by atoms with Crippen molar-refractivity contribution in [1.29, 1.82) is 0 Å². The zero-order valence-electron chi connectivity index (χ0n) is 12.2. The summed E-state index contributed by atoms with van der Waals surface area (Å²) in [6.45, 7) is 0.284. The average molecular weight is 399 g/mol. The Bertz CT molecular complexity index is 749. The Hall–Kier alpha value is -2.05. The second-order valence-corrected chi connectivity index (χ2v) is 5.77. The standard InChI is InChI=1S/C16H13BrClNO4/c1-22-15-8-11(6-7-19(20)21)13(17)9-16(15)23-10-12-4-2-3-5-14(12)18/h2-9H,10H2,1H3/b7-6+. The molecule has 0 heterocycles. The lowest BCUT2D eigenvalue weighted by atomic mass is 10.2. The number of nitrogens with zero attached hydrogens (tertiary/aromatic N) is 1. The number of rotatable bonds is 6. The number of benzene rings is 2. The van der Waals surface area contributed by atoms with Crippen LogP contribution in [0.15, 0.2) is 47.1 Å². The molecule has 0 saturated carbocycles. The van der Waals surface area contributed by atoms with Gasteiger partial charge in [-0.3, -0.25) is 10.1 Å². The molecule has 0 amide bonds. The predicted octanol–water partition coefficient (Wildman–Crippen LogP) is 4.94. The topological polar surface area (TPSA) is 61.6 Å². The maximum Gasteiger partial charge on any atom is 0.235 e. The van der Waals surface area contributed by atoms with Crippen molar-refractivity contribution in [2.24, 2.45) is 0 Å². The Morgan fingerprint density at radius 2 is 2.04 bits per heavy atom. The lowest BCUT2D eigenvalue weighted by Crippen LogP contribution is -1.99. The summed E-state index contributed by atoms with van der Waals surface area (Å²) < 4.78 is 11.7. The van der Waals surface area contributed by atoms with E-state index in [4.69, 9.17) is 21.1 Å². The third-order valence-electron chi connectivity index (χ3n) is 3.00. The number of ether oxygens (including phenoxy) is 2. The van der Waals surface area contributed by atoms with E-state index in [-0.39, 0.29) is 6.61 Å². The molecule has 0 aromatic heterocycles. The van der Waals surface area contributed by atoms with Gasteiger partial charge in [0, 0.05) is 21.1 Å². The van der Waals surface area contributed by atoms with E-state index in [9.17, 15) is 10.1 Å². The molecule has 0 saturated heterocycles. The van der Waals surface area contributed by atoms with Gasteiger partial charge in [0.1, 0.15) is 6.61 Å². The molecule has 0 radical (unpaired) electrons. The van der Waals surface area contributed by atoms with Crippen LogP contribution in [-0.2, 0) is 6.61 Å². The van der Waals surface area contributed by atoms with Gasteiger partial charge in [-0.15, -0.1) is 0 Å².